The van der Waals surface area contributed by atoms with Gasteiger partial charge in [0.2, 0.25) is 5.91 Å². The first-order valence-corrected chi connectivity index (χ1v) is 9.20. The van der Waals surface area contributed by atoms with E-state index in [4.69, 9.17) is 0 Å². The van der Waals surface area contributed by atoms with Crippen molar-refractivity contribution < 1.29 is 4.79 Å². The lowest BCUT2D eigenvalue weighted by Crippen LogP contribution is -2.44. The van der Waals surface area contributed by atoms with Crippen LogP contribution >= 0.6 is 0 Å². The first-order chi connectivity index (χ1) is 11.8. The number of rotatable bonds is 3. The number of hydrogen-bond donors (Lipinski definition) is 0. The molecule has 1 saturated heterocycles. The summed E-state index contributed by atoms with van der Waals surface area (Å²) < 4.78 is 4.46. The number of amides is 1. The Morgan fingerprint density at radius 2 is 1.71 bits per heavy atom. The lowest BCUT2D eigenvalue weighted by molar-refractivity contribution is -0.138. The Hall–Kier alpha value is -2.04. The number of nitrogens with zero attached hydrogens (tertiary/aromatic N) is 4. The second-order valence-corrected chi connectivity index (χ2v) is 7.23. The van der Waals surface area contributed by atoms with Crippen molar-refractivity contribution in [3.63, 3.8) is 0 Å². The van der Waals surface area contributed by atoms with Crippen LogP contribution in [0, 0.1) is 5.92 Å². The molecule has 1 aliphatic heterocycles. The highest BCUT2D eigenvalue weighted by Crippen LogP contribution is 2.34. The summed E-state index contributed by atoms with van der Waals surface area (Å²) in [6.07, 6.45) is 16.5. The molecule has 0 N–H and O–H groups in total. The van der Waals surface area contributed by atoms with Crippen LogP contribution in [0.2, 0.25) is 0 Å². The smallest absolute Gasteiger partial charge is 0.225 e. The van der Waals surface area contributed by atoms with Crippen molar-refractivity contribution >= 4 is 5.91 Å². The molecular formula is C19H26N4O. The van der Waals surface area contributed by atoms with Crippen LogP contribution in [-0.2, 0) is 4.79 Å². The first kappa shape index (κ1) is 15.5. The van der Waals surface area contributed by atoms with Gasteiger partial charge in [0.05, 0.1) is 12.4 Å². The monoisotopic (exact) mass is 326 g/mol. The normalized spacial score (nSPS) is 28.0. The van der Waals surface area contributed by atoms with Gasteiger partial charge in [-0.25, -0.2) is 4.98 Å². The van der Waals surface area contributed by atoms with E-state index >= 15 is 0 Å². The fourth-order valence-corrected chi connectivity index (χ4v) is 4.35. The third-order valence-corrected chi connectivity index (χ3v) is 5.75. The molecule has 2 aromatic heterocycles. The highest BCUT2D eigenvalue weighted by Gasteiger charge is 2.32. The second-order valence-electron chi connectivity index (χ2n) is 7.23. The molecule has 5 heteroatoms. The summed E-state index contributed by atoms with van der Waals surface area (Å²) in [5.41, 5.74) is 0. The molecule has 1 aliphatic carbocycles. The van der Waals surface area contributed by atoms with Gasteiger partial charge in [-0.05, 0) is 50.7 Å². The van der Waals surface area contributed by atoms with Crippen molar-refractivity contribution in [3.05, 3.63) is 43.2 Å². The van der Waals surface area contributed by atoms with Crippen molar-refractivity contribution in [2.24, 2.45) is 5.92 Å². The minimum absolute atomic E-state index is 0.221. The quantitative estimate of drug-likeness (QED) is 0.869. The Balaban J connectivity index is 1.34. The largest absolute Gasteiger partial charge is 0.351 e. The van der Waals surface area contributed by atoms with E-state index in [-0.39, 0.29) is 5.92 Å². The molecule has 0 bridgehead atoms. The zero-order valence-electron chi connectivity index (χ0n) is 14.1. The molecule has 0 aromatic carbocycles. The molecule has 0 spiro atoms. The number of imidazole rings is 1. The summed E-state index contributed by atoms with van der Waals surface area (Å²) in [6.45, 7) is 1.76. The van der Waals surface area contributed by atoms with Crippen LogP contribution < -0.4 is 0 Å². The fraction of sp³-hybridized carbons (Fsp3) is 0.579. The van der Waals surface area contributed by atoms with Crippen LogP contribution in [0.5, 0.6) is 0 Å². The highest BCUT2D eigenvalue weighted by molar-refractivity contribution is 5.79. The van der Waals surface area contributed by atoms with Crippen LogP contribution in [0.1, 0.15) is 50.6 Å². The molecule has 5 nitrogen and oxygen atoms in total. The topological polar surface area (TPSA) is 43.1 Å². The van der Waals surface area contributed by atoms with Gasteiger partial charge in [0.1, 0.15) is 0 Å². The molecule has 128 valence electrons. The van der Waals surface area contributed by atoms with Crippen LogP contribution in [0.25, 0.3) is 0 Å². The molecule has 3 heterocycles. The third kappa shape index (κ3) is 3.12. The lowest BCUT2D eigenvalue weighted by atomic mass is 9.84. The van der Waals surface area contributed by atoms with Gasteiger partial charge >= 0.3 is 0 Å². The summed E-state index contributed by atoms with van der Waals surface area (Å²) in [7, 11) is 0. The predicted molar refractivity (Wildman–Crippen MR) is 92.5 cm³/mol. The van der Waals surface area contributed by atoms with Crippen molar-refractivity contribution in [1.82, 2.24) is 19.0 Å². The number of hydrogen-bond acceptors (Lipinski definition) is 2. The minimum atomic E-state index is 0.221. The minimum Gasteiger partial charge on any atom is -0.351 e. The molecule has 2 fully saturated rings. The summed E-state index contributed by atoms with van der Waals surface area (Å²) in [5, 5.41) is 0. The van der Waals surface area contributed by atoms with Gasteiger partial charge in [-0.2, -0.15) is 0 Å². The average molecular weight is 326 g/mol. The summed E-state index contributed by atoms with van der Waals surface area (Å²) in [6, 6.07) is 5.13. The van der Waals surface area contributed by atoms with Gasteiger partial charge in [0.25, 0.3) is 0 Å². The molecule has 2 aromatic rings. The van der Waals surface area contributed by atoms with Gasteiger partial charge in [0, 0.05) is 49.8 Å². The predicted octanol–water partition coefficient (Wildman–Crippen LogP) is 3.28. The molecular weight excluding hydrogens is 300 g/mol. The van der Waals surface area contributed by atoms with Crippen molar-refractivity contribution in [2.75, 3.05) is 13.1 Å². The number of aromatic nitrogens is 3. The van der Waals surface area contributed by atoms with Crippen molar-refractivity contribution in [1.29, 1.82) is 0 Å². The average Bonchev–Trinajstić information content (AvgIpc) is 3.35. The maximum Gasteiger partial charge on any atom is 0.225 e. The summed E-state index contributed by atoms with van der Waals surface area (Å²) in [5.74, 6) is 0.601. The Morgan fingerprint density at radius 1 is 0.917 bits per heavy atom. The molecule has 4 rings (SSSR count). The summed E-state index contributed by atoms with van der Waals surface area (Å²) in [4.78, 5) is 19.2. The van der Waals surface area contributed by atoms with E-state index in [2.05, 4.69) is 43.5 Å². The van der Waals surface area contributed by atoms with Crippen LogP contribution in [-0.4, -0.2) is 38.0 Å². The second kappa shape index (κ2) is 6.83. The molecule has 1 saturated carbocycles. The van der Waals surface area contributed by atoms with Crippen molar-refractivity contribution in [2.45, 2.75) is 50.6 Å². The lowest BCUT2D eigenvalue weighted by Gasteiger charge is -2.37. The number of likely N-dealkylation sites (tertiary alicyclic amines) is 1. The van der Waals surface area contributed by atoms with E-state index in [1.54, 1.807) is 0 Å². The standard InChI is InChI=1S/C19H26N4O/c24-19(16-5-7-17(8-6-16)21-10-1-2-11-21)22-12-3-4-18(14-22)23-13-9-20-15-23/h1-2,9-11,13,15-18H,3-8,12,14H2/t16?,17?,18-/m1/s1. The molecule has 0 radical (unpaired) electrons. The van der Waals surface area contributed by atoms with Gasteiger partial charge in [-0.15, -0.1) is 0 Å². The van der Waals surface area contributed by atoms with E-state index < -0.39 is 0 Å². The SMILES string of the molecule is O=C(C1CCC(n2cccc2)CC1)N1CCC[C@@H](n2ccnc2)C1. The van der Waals surface area contributed by atoms with Gasteiger partial charge in [-0.1, -0.05) is 0 Å². The van der Waals surface area contributed by atoms with E-state index in [0.717, 1.165) is 51.6 Å². The molecule has 0 unspecified atom stereocenters. The van der Waals surface area contributed by atoms with E-state index in [1.807, 2.05) is 18.7 Å². The zero-order chi connectivity index (χ0) is 16.4. The van der Waals surface area contributed by atoms with Gasteiger partial charge < -0.3 is 14.0 Å². The van der Waals surface area contributed by atoms with Crippen LogP contribution in [0.15, 0.2) is 43.2 Å². The number of piperidine rings is 1. The Morgan fingerprint density at radius 3 is 2.42 bits per heavy atom. The Labute approximate surface area is 143 Å². The Bertz CT molecular complexity index is 641. The molecule has 1 atom stereocenters. The van der Waals surface area contributed by atoms with Gasteiger partial charge in [0.15, 0.2) is 0 Å². The summed E-state index contributed by atoms with van der Waals surface area (Å²) >= 11 is 0. The van der Waals surface area contributed by atoms with E-state index in [0.29, 0.717) is 18.0 Å². The maximum absolute atomic E-state index is 13.0. The Kier molecular flexibility index (Phi) is 4.41. The van der Waals surface area contributed by atoms with Crippen LogP contribution in [0.3, 0.4) is 0 Å². The number of carbonyl (C=O) groups is 1. The van der Waals surface area contributed by atoms with E-state index in [1.165, 1.54) is 0 Å². The molecule has 1 amide bonds. The van der Waals surface area contributed by atoms with Gasteiger partial charge in [-0.3, -0.25) is 4.79 Å². The van der Waals surface area contributed by atoms with E-state index in [9.17, 15) is 4.79 Å². The van der Waals surface area contributed by atoms with Crippen LogP contribution in [0.4, 0.5) is 0 Å². The molecule has 2 aliphatic rings. The number of carbonyl (C=O) groups excluding carboxylic acids is 1. The zero-order valence-corrected chi connectivity index (χ0v) is 14.1. The fourth-order valence-electron chi connectivity index (χ4n) is 4.35. The van der Waals surface area contributed by atoms with Crippen molar-refractivity contribution in [3.8, 4) is 0 Å². The highest BCUT2D eigenvalue weighted by atomic mass is 16.2. The first-order valence-electron chi connectivity index (χ1n) is 9.20. The molecule has 24 heavy (non-hydrogen) atoms. The maximum atomic E-state index is 13.0. The third-order valence-electron chi connectivity index (χ3n) is 5.75.